The van der Waals surface area contributed by atoms with Gasteiger partial charge in [0.15, 0.2) is 17.0 Å². The van der Waals surface area contributed by atoms with Gasteiger partial charge >= 0.3 is 0 Å². The molecule has 0 aromatic carbocycles. The summed E-state index contributed by atoms with van der Waals surface area (Å²) in [4.78, 5) is 12.7. The Bertz CT molecular complexity index is 552. The lowest BCUT2D eigenvalue weighted by Crippen LogP contribution is -2.28. The van der Waals surface area contributed by atoms with Gasteiger partial charge in [0.1, 0.15) is 6.07 Å². The van der Waals surface area contributed by atoms with Crippen LogP contribution in [-0.4, -0.2) is 27.5 Å². The van der Waals surface area contributed by atoms with E-state index >= 15 is 0 Å². The fourth-order valence-electron chi connectivity index (χ4n) is 1.22. The molecule has 0 aliphatic rings. The van der Waals surface area contributed by atoms with Gasteiger partial charge in [-0.3, -0.25) is 5.84 Å². The Morgan fingerprint density at radius 3 is 2.93 bits per heavy atom. The summed E-state index contributed by atoms with van der Waals surface area (Å²) >= 11 is 0. The van der Waals surface area contributed by atoms with Crippen molar-refractivity contribution in [2.45, 2.75) is 0 Å². The van der Waals surface area contributed by atoms with Gasteiger partial charge in [-0.2, -0.15) is 15.2 Å². The number of rotatable bonds is 1. The number of hydrogen-bond donors (Lipinski definition) is 1. The molecule has 0 amide bonds. The van der Waals surface area contributed by atoms with Crippen LogP contribution in [0, 0.1) is 11.3 Å². The molecule has 0 aliphatic heterocycles. The van der Waals surface area contributed by atoms with Crippen LogP contribution in [0.25, 0.3) is 11.2 Å². The highest BCUT2D eigenvalue weighted by Crippen LogP contribution is 2.18. The highest BCUT2D eigenvalue weighted by Gasteiger charge is 2.12. The predicted molar refractivity (Wildman–Crippen MR) is 53.4 cm³/mol. The Hall–Kier alpha value is -2.14. The van der Waals surface area contributed by atoms with Crippen LogP contribution in [0.3, 0.4) is 0 Å². The molecule has 0 unspecified atom stereocenters. The summed E-state index contributed by atoms with van der Waals surface area (Å²) in [5.74, 6) is 5.60. The monoisotopic (exact) mass is 199 g/mol. The Balaban J connectivity index is 2.84. The van der Waals surface area contributed by atoms with E-state index in [0.717, 1.165) is 4.92 Å². The summed E-state index contributed by atoms with van der Waals surface area (Å²) in [5.41, 5.74) is 0.971. The first-order chi connectivity index (χ1) is 7.13. The molecule has 2 aromatic heterocycles. The smallest absolute Gasteiger partial charge is 0.255 e. The predicted octanol–water partition coefficient (Wildman–Crippen LogP) is -1.00. The second-order valence-electron chi connectivity index (χ2n) is 2.92. The molecule has 2 N–H and O–H groups in total. The normalized spacial score (nSPS) is 10.2. The maximum Gasteiger partial charge on any atom is 0.255 e. The van der Waals surface area contributed by atoms with Crippen LogP contribution in [0.4, 0.5) is 5.82 Å². The maximum absolute atomic E-state index is 8.73. The third-order valence-electron chi connectivity index (χ3n) is 1.89. The molecule has 2 aromatic rings. The van der Waals surface area contributed by atoms with Crippen molar-refractivity contribution in [1.29, 1.82) is 5.26 Å². The van der Waals surface area contributed by atoms with E-state index in [2.05, 4.69) is 15.0 Å². The third kappa shape index (κ3) is 1.39. The van der Waals surface area contributed by atoms with Crippen LogP contribution in [0.1, 0.15) is 5.82 Å². The van der Waals surface area contributed by atoms with Gasteiger partial charge in [0, 0.05) is 7.05 Å². The quantitative estimate of drug-likeness (QED) is 0.359. The number of imidazole rings is 1. The number of aromatic nitrogens is 4. The Morgan fingerprint density at radius 2 is 2.33 bits per heavy atom. The van der Waals surface area contributed by atoms with Gasteiger partial charge in [-0.25, -0.2) is 4.98 Å². The molecule has 15 heavy (non-hydrogen) atoms. The minimum Gasteiger partial charge on any atom is -0.352 e. The van der Waals surface area contributed by atoms with E-state index in [1.54, 1.807) is 17.9 Å². The van der Waals surface area contributed by atoms with E-state index in [1.165, 1.54) is 0 Å². The van der Waals surface area contributed by atoms with Crippen molar-refractivity contribution < 1.29 is 0 Å². The Labute approximate surface area is 86.6 Å². The molecule has 0 atom stereocenters. The van der Waals surface area contributed by atoms with Gasteiger partial charge in [0.25, 0.3) is 7.98 Å². The number of nitrogens with zero attached hydrogens (tertiary/aromatic N) is 6. The average Bonchev–Trinajstić information content (AvgIpc) is 2.59. The molecule has 0 aliphatic carbocycles. The van der Waals surface area contributed by atoms with Crippen molar-refractivity contribution in [3.63, 3.8) is 0 Å². The first-order valence-electron chi connectivity index (χ1n) is 4.02. The number of nitriles is 1. The molecule has 0 spiro atoms. The van der Waals surface area contributed by atoms with Crippen LogP contribution in [0.2, 0.25) is 0 Å². The summed E-state index contributed by atoms with van der Waals surface area (Å²) in [6.45, 7) is 0. The minimum atomic E-state index is 0.00185. The highest BCUT2D eigenvalue weighted by atomic mass is 15.4. The summed E-state index contributed by atoms with van der Waals surface area (Å²) in [6.07, 6.45) is 1.55. The summed E-state index contributed by atoms with van der Waals surface area (Å²) in [7, 11) is 7.13. The Morgan fingerprint density at radius 1 is 1.60 bits per heavy atom. The third-order valence-corrected chi connectivity index (χ3v) is 1.89. The van der Waals surface area contributed by atoms with Crippen LogP contribution in [0.5, 0.6) is 0 Å². The molecule has 0 saturated carbocycles. The zero-order valence-electron chi connectivity index (χ0n) is 7.92. The van der Waals surface area contributed by atoms with Crippen molar-refractivity contribution in [3.05, 3.63) is 12.2 Å². The van der Waals surface area contributed by atoms with Crippen LogP contribution in [-0.2, 0) is 7.05 Å². The SMILES string of the molecule is [B]N(N)c1nc(C#N)nc2c1ncn2C. The molecule has 0 bridgehead atoms. The van der Waals surface area contributed by atoms with Crippen molar-refractivity contribution >= 4 is 25.0 Å². The molecular weight excluding hydrogens is 193 g/mol. The maximum atomic E-state index is 8.73. The molecular formula is C7H6BN7. The van der Waals surface area contributed by atoms with Gasteiger partial charge in [-0.15, -0.1) is 0 Å². The van der Waals surface area contributed by atoms with Crippen molar-refractivity contribution in [2.75, 3.05) is 4.92 Å². The zero-order chi connectivity index (χ0) is 11.0. The lowest BCUT2D eigenvalue weighted by molar-refractivity contribution is 0.924. The molecule has 2 radical (unpaired) electrons. The number of hydrogen-bond acceptors (Lipinski definition) is 6. The van der Waals surface area contributed by atoms with Crippen LogP contribution >= 0.6 is 0 Å². The van der Waals surface area contributed by atoms with Gasteiger partial charge in [-0.1, -0.05) is 0 Å². The van der Waals surface area contributed by atoms with Gasteiger partial charge in [0.2, 0.25) is 5.82 Å². The first-order valence-corrected chi connectivity index (χ1v) is 4.02. The lowest BCUT2D eigenvalue weighted by atomic mass is 10.3. The lowest BCUT2D eigenvalue weighted by Gasteiger charge is -2.11. The van der Waals surface area contributed by atoms with E-state index in [9.17, 15) is 0 Å². The zero-order valence-corrected chi connectivity index (χ0v) is 7.92. The van der Waals surface area contributed by atoms with E-state index in [4.69, 9.17) is 19.1 Å². The first kappa shape index (κ1) is 9.42. The molecule has 2 rings (SSSR count). The fourth-order valence-corrected chi connectivity index (χ4v) is 1.22. The minimum absolute atomic E-state index is 0.00185. The number of nitrogens with two attached hydrogens (primary N) is 1. The molecule has 0 fully saturated rings. The van der Waals surface area contributed by atoms with E-state index in [-0.39, 0.29) is 11.6 Å². The van der Waals surface area contributed by atoms with E-state index < -0.39 is 0 Å². The van der Waals surface area contributed by atoms with Crippen LogP contribution < -0.4 is 10.8 Å². The molecule has 8 heteroatoms. The van der Waals surface area contributed by atoms with E-state index in [1.807, 2.05) is 6.07 Å². The molecule has 2 heterocycles. The largest absolute Gasteiger partial charge is 0.352 e. The van der Waals surface area contributed by atoms with Gasteiger partial charge in [0.05, 0.1) is 6.33 Å². The van der Waals surface area contributed by atoms with Gasteiger partial charge < -0.3 is 9.49 Å². The summed E-state index contributed by atoms with van der Waals surface area (Å²) in [5, 5.41) is 8.73. The number of fused-ring (bicyclic) bond motifs is 1. The molecule has 7 nitrogen and oxygen atoms in total. The standard InChI is InChI=1S/C7H6BN7/c1-14-3-11-5-6(14)12-4(2-9)13-7(5)15(8)10/h3H,10H2,1H3. The molecule has 0 saturated heterocycles. The number of anilines is 1. The van der Waals surface area contributed by atoms with E-state index in [0.29, 0.717) is 11.2 Å². The molecule has 72 valence electrons. The highest BCUT2D eigenvalue weighted by molar-refractivity contribution is 6.18. The number of hydrazine groups is 1. The Kier molecular flexibility index (Phi) is 2.02. The number of aryl methyl sites for hydroxylation is 1. The fraction of sp³-hybridized carbons (Fsp3) is 0.143. The van der Waals surface area contributed by atoms with Crippen molar-refractivity contribution in [3.8, 4) is 6.07 Å². The second kappa shape index (κ2) is 3.22. The van der Waals surface area contributed by atoms with Gasteiger partial charge in [-0.05, 0) is 0 Å². The second-order valence-corrected chi connectivity index (χ2v) is 2.92. The average molecular weight is 199 g/mol. The summed E-state index contributed by atoms with van der Waals surface area (Å²) < 4.78 is 1.66. The van der Waals surface area contributed by atoms with Crippen LogP contribution in [0.15, 0.2) is 6.33 Å². The summed E-state index contributed by atoms with van der Waals surface area (Å²) in [6, 6.07) is 1.83. The van der Waals surface area contributed by atoms with Crippen molar-refractivity contribution in [1.82, 2.24) is 19.5 Å². The topological polar surface area (TPSA) is 96.7 Å². The van der Waals surface area contributed by atoms with Crippen molar-refractivity contribution in [2.24, 2.45) is 12.9 Å².